The van der Waals surface area contributed by atoms with Crippen LogP contribution in [0.2, 0.25) is 0 Å². The SMILES string of the molecule is CC1=C2CC[C@H]3[C@@H]4CC[C@H]([C@H](C)CCC(=O)C(C)C)[C@@]4(C)CC[C@@H]3[C@@]2(C)CCC1. The zero-order valence-electron chi connectivity index (χ0n) is 20.2. The van der Waals surface area contributed by atoms with Gasteiger partial charge in [0.2, 0.25) is 0 Å². The van der Waals surface area contributed by atoms with Crippen LogP contribution in [0.1, 0.15) is 112 Å². The lowest BCUT2D eigenvalue weighted by molar-refractivity contribution is -0.122. The fraction of sp³-hybridized carbons (Fsp3) is 0.893. The molecule has 0 aromatic heterocycles. The molecule has 1 nitrogen and oxygen atoms in total. The van der Waals surface area contributed by atoms with Crippen LogP contribution in [0.5, 0.6) is 0 Å². The number of hydrogen-bond donors (Lipinski definition) is 0. The van der Waals surface area contributed by atoms with E-state index in [4.69, 9.17) is 0 Å². The topological polar surface area (TPSA) is 17.1 Å². The van der Waals surface area contributed by atoms with Crippen LogP contribution in [0.25, 0.3) is 0 Å². The first-order valence-corrected chi connectivity index (χ1v) is 12.9. The highest BCUT2D eigenvalue weighted by Gasteiger charge is 2.59. The number of allylic oxidation sites excluding steroid dienone is 2. The van der Waals surface area contributed by atoms with Gasteiger partial charge < -0.3 is 0 Å². The van der Waals surface area contributed by atoms with Crippen LogP contribution in [0.4, 0.5) is 0 Å². The molecule has 4 rings (SSSR count). The summed E-state index contributed by atoms with van der Waals surface area (Å²) in [6.07, 6.45) is 14.8. The van der Waals surface area contributed by atoms with Gasteiger partial charge in [-0.05, 0) is 112 Å². The molecule has 3 fully saturated rings. The highest BCUT2D eigenvalue weighted by molar-refractivity contribution is 5.80. The van der Waals surface area contributed by atoms with E-state index >= 15 is 0 Å². The predicted octanol–water partition coefficient (Wildman–Crippen LogP) is 7.99. The molecule has 0 aliphatic heterocycles. The summed E-state index contributed by atoms with van der Waals surface area (Å²) in [7, 11) is 0. The molecule has 7 atom stereocenters. The normalized spacial score (nSPS) is 43.0. The molecule has 0 aromatic carbocycles. The molecule has 0 saturated heterocycles. The Hall–Kier alpha value is -0.590. The molecule has 0 radical (unpaired) electrons. The van der Waals surface area contributed by atoms with Crippen LogP contribution >= 0.6 is 0 Å². The van der Waals surface area contributed by atoms with Gasteiger partial charge in [0.25, 0.3) is 0 Å². The van der Waals surface area contributed by atoms with Crippen molar-refractivity contribution in [3.8, 4) is 0 Å². The number of fused-ring (bicyclic) bond motifs is 5. The maximum absolute atomic E-state index is 12.2. The van der Waals surface area contributed by atoms with Crippen molar-refractivity contribution >= 4 is 5.78 Å². The lowest BCUT2D eigenvalue weighted by Gasteiger charge is -2.59. The summed E-state index contributed by atoms with van der Waals surface area (Å²) in [5.41, 5.74) is 4.67. The van der Waals surface area contributed by atoms with Crippen LogP contribution in [0.15, 0.2) is 11.1 Å². The third-order valence-electron chi connectivity index (χ3n) is 10.7. The monoisotopic (exact) mass is 398 g/mol. The summed E-state index contributed by atoms with van der Waals surface area (Å²) in [5, 5.41) is 0. The Bertz CT molecular complexity index is 672. The van der Waals surface area contributed by atoms with E-state index in [1.54, 1.807) is 5.57 Å². The predicted molar refractivity (Wildman–Crippen MR) is 123 cm³/mol. The largest absolute Gasteiger partial charge is 0.299 e. The van der Waals surface area contributed by atoms with E-state index < -0.39 is 0 Å². The van der Waals surface area contributed by atoms with Gasteiger partial charge in [0.1, 0.15) is 5.78 Å². The molecule has 0 unspecified atom stereocenters. The third kappa shape index (κ3) is 3.47. The van der Waals surface area contributed by atoms with Gasteiger partial charge in [0.15, 0.2) is 0 Å². The highest BCUT2D eigenvalue weighted by Crippen LogP contribution is 2.68. The summed E-state index contributed by atoms with van der Waals surface area (Å²) in [5.74, 6) is 5.05. The van der Waals surface area contributed by atoms with Crippen molar-refractivity contribution in [1.82, 2.24) is 0 Å². The lowest BCUT2D eigenvalue weighted by atomic mass is 9.46. The van der Waals surface area contributed by atoms with Crippen molar-refractivity contribution in [2.75, 3.05) is 0 Å². The molecule has 0 spiro atoms. The molecule has 0 heterocycles. The lowest BCUT2D eigenvalue weighted by Crippen LogP contribution is -2.50. The summed E-state index contributed by atoms with van der Waals surface area (Å²) < 4.78 is 0. The Kier molecular flexibility index (Phi) is 5.84. The molecule has 164 valence electrons. The molecular formula is C28H46O. The van der Waals surface area contributed by atoms with Crippen LogP contribution in [-0.4, -0.2) is 5.78 Å². The maximum atomic E-state index is 12.2. The Morgan fingerprint density at radius 3 is 2.48 bits per heavy atom. The van der Waals surface area contributed by atoms with Crippen molar-refractivity contribution in [3.63, 3.8) is 0 Å². The number of carbonyl (C=O) groups is 1. The average molecular weight is 399 g/mol. The summed E-state index contributed by atoms with van der Waals surface area (Å²) in [4.78, 5) is 12.2. The van der Waals surface area contributed by atoms with Gasteiger partial charge in [-0.25, -0.2) is 0 Å². The molecule has 0 bridgehead atoms. The fourth-order valence-corrected chi connectivity index (χ4v) is 9.05. The van der Waals surface area contributed by atoms with Gasteiger partial charge in [-0.15, -0.1) is 0 Å². The van der Waals surface area contributed by atoms with Crippen LogP contribution in [0, 0.1) is 46.3 Å². The van der Waals surface area contributed by atoms with Gasteiger partial charge in [-0.3, -0.25) is 4.79 Å². The number of Topliss-reactive ketones (excluding diaryl/α,β-unsaturated/α-hetero) is 1. The average Bonchev–Trinajstić information content (AvgIpc) is 3.03. The second kappa shape index (κ2) is 7.83. The van der Waals surface area contributed by atoms with E-state index in [-0.39, 0.29) is 5.92 Å². The smallest absolute Gasteiger partial charge is 0.135 e. The minimum absolute atomic E-state index is 0.203. The molecule has 0 N–H and O–H groups in total. The fourth-order valence-electron chi connectivity index (χ4n) is 9.05. The third-order valence-corrected chi connectivity index (χ3v) is 10.7. The Morgan fingerprint density at radius 2 is 1.76 bits per heavy atom. The van der Waals surface area contributed by atoms with Gasteiger partial charge in [0, 0.05) is 12.3 Å². The minimum atomic E-state index is 0.203. The van der Waals surface area contributed by atoms with Gasteiger partial charge in [0.05, 0.1) is 0 Å². The first-order chi connectivity index (χ1) is 13.7. The standard InChI is InChI=1S/C28H46O/c1-18(2)26(29)14-9-20(4)23-12-13-24-21-10-11-22-19(3)8-7-16-27(22,5)25(21)15-17-28(23,24)6/h18,20-21,23-25H,7-17H2,1-6H3/t20-,21+,23-,24+,25+,27+,28-/m1/s1. The van der Waals surface area contributed by atoms with E-state index in [9.17, 15) is 4.79 Å². The second-order valence-corrected chi connectivity index (χ2v) is 12.3. The van der Waals surface area contributed by atoms with E-state index in [1.165, 1.54) is 57.8 Å². The van der Waals surface area contributed by atoms with Gasteiger partial charge >= 0.3 is 0 Å². The first-order valence-electron chi connectivity index (χ1n) is 12.9. The Labute approximate surface area is 180 Å². The first kappa shape index (κ1) is 21.6. The van der Waals surface area contributed by atoms with Crippen molar-refractivity contribution in [3.05, 3.63) is 11.1 Å². The molecule has 0 aromatic rings. The van der Waals surface area contributed by atoms with E-state index in [0.717, 1.165) is 36.5 Å². The Morgan fingerprint density at radius 1 is 1.00 bits per heavy atom. The summed E-state index contributed by atoms with van der Waals surface area (Å²) in [6, 6.07) is 0. The van der Waals surface area contributed by atoms with Crippen LogP contribution in [-0.2, 0) is 4.79 Å². The van der Waals surface area contributed by atoms with Crippen molar-refractivity contribution < 1.29 is 4.79 Å². The van der Waals surface area contributed by atoms with Crippen molar-refractivity contribution in [2.45, 2.75) is 112 Å². The second-order valence-electron chi connectivity index (χ2n) is 12.3. The number of ketones is 1. The van der Waals surface area contributed by atoms with Crippen LogP contribution in [0.3, 0.4) is 0 Å². The number of rotatable bonds is 5. The molecule has 1 heteroatoms. The van der Waals surface area contributed by atoms with Crippen molar-refractivity contribution in [2.24, 2.45) is 46.3 Å². The van der Waals surface area contributed by atoms with E-state index in [0.29, 0.717) is 22.5 Å². The number of carbonyl (C=O) groups excluding carboxylic acids is 1. The Balaban J connectivity index is 1.50. The molecule has 29 heavy (non-hydrogen) atoms. The van der Waals surface area contributed by atoms with Gasteiger partial charge in [-0.1, -0.05) is 45.8 Å². The quantitative estimate of drug-likeness (QED) is 0.429. The summed E-state index contributed by atoms with van der Waals surface area (Å²) in [6.45, 7) is 14.3. The van der Waals surface area contributed by atoms with E-state index in [2.05, 4.69) is 41.5 Å². The van der Waals surface area contributed by atoms with Crippen molar-refractivity contribution in [1.29, 1.82) is 0 Å². The van der Waals surface area contributed by atoms with E-state index in [1.807, 2.05) is 5.57 Å². The molecular weight excluding hydrogens is 352 g/mol. The zero-order chi connectivity index (χ0) is 21.0. The molecule has 4 aliphatic carbocycles. The molecule has 4 aliphatic rings. The summed E-state index contributed by atoms with van der Waals surface area (Å²) >= 11 is 0. The highest BCUT2D eigenvalue weighted by atomic mass is 16.1. The zero-order valence-corrected chi connectivity index (χ0v) is 20.2. The van der Waals surface area contributed by atoms with Gasteiger partial charge in [-0.2, -0.15) is 0 Å². The number of hydrogen-bond acceptors (Lipinski definition) is 1. The maximum Gasteiger partial charge on any atom is 0.135 e. The molecule has 0 amide bonds. The molecule has 3 saturated carbocycles. The minimum Gasteiger partial charge on any atom is -0.299 e. The van der Waals surface area contributed by atoms with Crippen LogP contribution < -0.4 is 0 Å².